The average Bonchev–Trinajstić information content (AvgIpc) is 2.78. The molecule has 22 heavy (non-hydrogen) atoms. The van der Waals surface area contributed by atoms with Crippen molar-refractivity contribution in [1.82, 2.24) is 19.7 Å². The minimum Gasteiger partial charge on any atom is -0.368 e. The molecule has 0 fully saturated rings. The zero-order valence-corrected chi connectivity index (χ0v) is 11.4. The highest BCUT2D eigenvalue weighted by Crippen LogP contribution is 2.14. The maximum Gasteiger partial charge on any atom is 0.249 e. The molecular weight excluding hydrogens is 290 g/mol. The van der Waals surface area contributed by atoms with Gasteiger partial charge < -0.3 is 11.1 Å². The Kier molecular flexibility index (Phi) is 3.65. The number of nitrogen functional groups attached to an aromatic ring is 1. The fourth-order valence-corrected chi connectivity index (χ4v) is 1.95. The maximum atomic E-state index is 13.2. The summed E-state index contributed by atoms with van der Waals surface area (Å²) in [6.45, 7) is 0.109. The minimum absolute atomic E-state index is 0.109. The molecule has 2 aromatic heterocycles. The zero-order chi connectivity index (χ0) is 15.5. The number of halogens is 2. The summed E-state index contributed by atoms with van der Waals surface area (Å²) in [6, 6.07) is 8.59. The van der Waals surface area contributed by atoms with E-state index in [1.165, 1.54) is 16.8 Å². The molecule has 3 rings (SSSR count). The third-order valence-electron chi connectivity index (χ3n) is 2.86. The lowest BCUT2D eigenvalue weighted by Crippen LogP contribution is -2.07. The number of benzene rings is 1. The van der Waals surface area contributed by atoms with Crippen LogP contribution in [0.1, 0.15) is 5.56 Å². The lowest BCUT2D eigenvalue weighted by Gasteiger charge is -2.03. The van der Waals surface area contributed by atoms with Gasteiger partial charge in [-0.05, 0) is 29.8 Å². The van der Waals surface area contributed by atoms with Gasteiger partial charge in [0.2, 0.25) is 11.9 Å². The van der Waals surface area contributed by atoms with E-state index in [0.717, 1.165) is 6.07 Å². The molecule has 6 nitrogen and oxygen atoms in total. The van der Waals surface area contributed by atoms with E-state index < -0.39 is 11.6 Å². The Morgan fingerprint density at radius 2 is 1.91 bits per heavy atom. The summed E-state index contributed by atoms with van der Waals surface area (Å²) in [5.74, 6) is -0.353. The van der Waals surface area contributed by atoms with Crippen LogP contribution in [0.25, 0.3) is 0 Å². The lowest BCUT2D eigenvalue weighted by molar-refractivity contribution is 0.575. The highest BCUT2D eigenvalue weighted by molar-refractivity contribution is 5.48. The van der Waals surface area contributed by atoms with Gasteiger partial charge in [0, 0.05) is 12.3 Å². The van der Waals surface area contributed by atoms with E-state index in [4.69, 9.17) is 5.73 Å². The molecule has 3 aromatic rings. The van der Waals surface area contributed by atoms with Crippen molar-refractivity contribution >= 4 is 17.7 Å². The zero-order valence-electron chi connectivity index (χ0n) is 11.4. The summed E-state index contributed by atoms with van der Waals surface area (Å²) in [7, 11) is 0. The largest absolute Gasteiger partial charge is 0.368 e. The standard InChI is InChI=1S/C14H12F2N6/c15-10-5-9(6-11(16)7-10)8-22-13(17)20-14(21-22)19-12-3-1-2-4-18-12/h1-7H,8H2,(H3,17,18,19,20,21). The minimum atomic E-state index is -0.652. The fourth-order valence-electron chi connectivity index (χ4n) is 1.95. The Hall–Kier alpha value is -3.03. The number of pyridine rings is 1. The Labute approximate surface area is 124 Å². The van der Waals surface area contributed by atoms with E-state index >= 15 is 0 Å². The molecule has 3 N–H and O–H groups in total. The number of nitrogens with two attached hydrogens (primary N) is 1. The second kappa shape index (κ2) is 5.76. The molecule has 0 aliphatic rings. The first-order valence-corrected chi connectivity index (χ1v) is 6.43. The second-order valence-electron chi connectivity index (χ2n) is 4.57. The Morgan fingerprint density at radius 1 is 1.14 bits per heavy atom. The van der Waals surface area contributed by atoms with E-state index in [1.807, 2.05) is 6.07 Å². The average molecular weight is 302 g/mol. The van der Waals surface area contributed by atoms with Crippen LogP contribution in [0, 0.1) is 11.6 Å². The van der Waals surface area contributed by atoms with Gasteiger partial charge in [-0.15, -0.1) is 5.10 Å². The Morgan fingerprint density at radius 3 is 2.59 bits per heavy atom. The fraction of sp³-hybridized carbons (Fsp3) is 0.0714. The van der Waals surface area contributed by atoms with Gasteiger partial charge in [0.1, 0.15) is 17.5 Å². The molecule has 1 aromatic carbocycles. The normalized spacial score (nSPS) is 10.6. The van der Waals surface area contributed by atoms with Gasteiger partial charge in [0.05, 0.1) is 6.54 Å². The predicted octanol–water partition coefficient (Wildman–Crippen LogP) is 2.33. The van der Waals surface area contributed by atoms with Crippen molar-refractivity contribution in [2.45, 2.75) is 6.54 Å². The van der Waals surface area contributed by atoms with E-state index in [9.17, 15) is 8.78 Å². The van der Waals surface area contributed by atoms with Crippen molar-refractivity contribution in [2.24, 2.45) is 0 Å². The first-order chi connectivity index (χ1) is 10.6. The molecule has 0 saturated carbocycles. The van der Waals surface area contributed by atoms with Gasteiger partial charge in [-0.2, -0.15) is 4.98 Å². The van der Waals surface area contributed by atoms with Crippen LogP contribution in [-0.4, -0.2) is 19.7 Å². The summed E-state index contributed by atoms with van der Waals surface area (Å²) in [5, 5.41) is 7.04. The van der Waals surface area contributed by atoms with Crippen LogP contribution >= 0.6 is 0 Å². The summed E-state index contributed by atoms with van der Waals surface area (Å²) in [4.78, 5) is 8.12. The van der Waals surface area contributed by atoms with Crippen LogP contribution in [0.15, 0.2) is 42.6 Å². The molecule has 0 aliphatic carbocycles. The van der Waals surface area contributed by atoms with Crippen molar-refractivity contribution in [3.05, 3.63) is 59.8 Å². The molecule has 0 unspecified atom stereocenters. The van der Waals surface area contributed by atoms with Crippen LogP contribution in [0.5, 0.6) is 0 Å². The molecule has 0 spiro atoms. The number of anilines is 3. The van der Waals surface area contributed by atoms with Gasteiger partial charge in [-0.1, -0.05) is 6.07 Å². The van der Waals surface area contributed by atoms with E-state index in [1.54, 1.807) is 18.3 Å². The van der Waals surface area contributed by atoms with Gasteiger partial charge in [0.15, 0.2) is 0 Å². The van der Waals surface area contributed by atoms with Gasteiger partial charge in [-0.3, -0.25) is 0 Å². The Balaban J connectivity index is 1.80. The quantitative estimate of drug-likeness (QED) is 0.773. The van der Waals surface area contributed by atoms with E-state index in [-0.39, 0.29) is 18.4 Å². The summed E-state index contributed by atoms with van der Waals surface area (Å²) >= 11 is 0. The first kappa shape index (κ1) is 13.9. The molecular formula is C14H12F2N6. The lowest BCUT2D eigenvalue weighted by atomic mass is 10.2. The van der Waals surface area contributed by atoms with E-state index in [0.29, 0.717) is 11.4 Å². The number of nitrogens with one attached hydrogen (secondary N) is 1. The third kappa shape index (κ3) is 3.17. The molecule has 0 bridgehead atoms. The van der Waals surface area contributed by atoms with Crippen LogP contribution in [-0.2, 0) is 6.54 Å². The number of hydrogen-bond donors (Lipinski definition) is 2. The number of nitrogens with zero attached hydrogens (tertiary/aromatic N) is 4. The molecule has 0 radical (unpaired) electrons. The van der Waals surface area contributed by atoms with Crippen molar-refractivity contribution in [3.63, 3.8) is 0 Å². The third-order valence-corrected chi connectivity index (χ3v) is 2.86. The summed E-state index contributed by atoms with van der Waals surface area (Å²) < 4.78 is 27.7. The monoisotopic (exact) mass is 302 g/mol. The molecule has 0 aliphatic heterocycles. The molecule has 0 amide bonds. The van der Waals surface area contributed by atoms with Crippen molar-refractivity contribution in [1.29, 1.82) is 0 Å². The molecule has 0 atom stereocenters. The number of rotatable bonds is 4. The molecule has 0 saturated heterocycles. The number of hydrogen-bond acceptors (Lipinski definition) is 5. The number of aromatic nitrogens is 4. The van der Waals surface area contributed by atoms with Gasteiger partial charge >= 0.3 is 0 Å². The van der Waals surface area contributed by atoms with Crippen LogP contribution < -0.4 is 11.1 Å². The highest BCUT2D eigenvalue weighted by Gasteiger charge is 2.09. The SMILES string of the molecule is Nc1nc(Nc2ccccn2)nn1Cc1cc(F)cc(F)c1. The van der Waals surface area contributed by atoms with Crippen LogP contribution in [0.3, 0.4) is 0 Å². The first-order valence-electron chi connectivity index (χ1n) is 6.43. The van der Waals surface area contributed by atoms with Crippen molar-refractivity contribution in [2.75, 3.05) is 11.1 Å². The smallest absolute Gasteiger partial charge is 0.249 e. The molecule has 2 heterocycles. The van der Waals surface area contributed by atoms with Crippen molar-refractivity contribution < 1.29 is 8.78 Å². The van der Waals surface area contributed by atoms with E-state index in [2.05, 4.69) is 20.4 Å². The summed E-state index contributed by atoms with van der Waals surface area (Å²) in [6.07, 6.45) is 1.62. The second-order valence-corrected chi connectivity index (χ2v) is 4.57. The topological polar surface area (TPSA) is 81.7 Å². The molecule has 8 heteroatoms. The molecule has 112 valence electrons. The predicted molar refractivity (Wildman–Crippen MR) is 77.4 cm³/mol. The van der Waals surface area contributed by atoms with Crippen LogP contribution in [0.4, 0.5) is 26.5 Å². The highest BCUT2D eigenvalue weighted by atomic mass is 19.1. The van der Waals surface area contributed by atoms with Crippen molar-refractivity contribution in [3.8, 4) is 0 Å². The van der Waals surface area contributed by atoms with Gasteiger partial charge in [-0.25, -0.2) is 18.4 Å². The summed E-state index contributed by atoms with van der Waals surface area (Å²) in [5.41, 5.74) is 6.16. The maximum absolute atomic E-state index is 13.2. The Bertz CT molecular complexity index is 767. The van der Waals surface area contributed by atoms with Gasteiger partial charge in [0.25, 0.3) is 0 Å². The van der Waals surface area contributed by atoms with Crippen LogP contribution in [0.2, 0.25) is 0 Å².